The fraction of sp³-hybridized carbons (Fsp3) is 0.273. The number of fused-ring (bicyclic) bond motifs is 1. The SMILES string of the molecule is CC[C@H]1CSC2=N[C@H](c3ccccn3)[C@@H](c3ccc(-c4ccc(Br)cc4F)o3)N21. The van der Waals surface area contributed by atoms with E-state index in [4.69, 9.17) is 9.41 Å². The molecule has 1 aromatic carbocycles. The lowest BCUT2D eigenvalue weighted by Crippen LogP contribution is -2.35. The third kappa shape index (κ3) is 3.30. The van der Waals surface area contributed by atoms with Crippen LogP contribution in [0.25, 0.3) is 11.3 Å². The van der Waals surface area contributed by atoms with Crippen molar-refractivity contribution in [2.45, 2.75) is 31.5 Å². The molecule has 5 rings (SSSR count). The summed E-state index contributed by atoms with van der Waals surface area (Å²) in [7, 11) is 0. The highest BCUT2D eigenvalue weighted by Gasteiger charge is 2.46. The molecule has 2 aromatic heterocycles. The fourth-order valence-corrected chi connectivity index (χ4v) is 5.68. The van der Waals surface area contributed by atoms with E-state index in [-0.39, 0.29) is 17.9 Å². The van der Waals surface area contributed by atoms with Crippen LogP contribution in [0.3, 0.4) is 0 Å². The van der Waals surface area contributed by atoms with Crippen molar-refractivity contribution in [3.63, 3.8) is 0 Å². The van der Waals surface area contributed by atoms with Crippen molar-refractivity contribution in [2.75, 3.05) is 5.75 Å². The first-order valence-electron chi connectivity index (χ1n) is 9.60. The predicted molar refractivity (Wildman–Crippen MR) is 117 cm³/mol. The third-order valence-electron chi connectivity index (χ3n) is 5.44. The smallest absolute Gasteiger partial charge is 0.161 e. The lowest BCUT2D eigenvalue weighted by atomic mass is 10.0. The third-order valence-corrected chi connectivity index (χ3v) is 7.06. The average molecular weight is 472 g/mol. The zero-order valence-electron chi connectivity index (χ0n) is 15.8. The van der Waals surface area contributed by atoms with Crippen LogP contribution in [0.1, 0.15) is 36.9 Å². The van der Waals surface area contributed by atoms with E-state index in [1.807, 2.05) is 36.4 Å². The summed E-state index contributed by atoms with van der Waals surface area (Å²) in [5, 5.41) is 1.05. The quantitative estimate of drug-likeness (QED) is 0.452. The van der Waals surface area contributed by atoms with Gasteiger partial charge in [-0.25, -0.2) is 9.38 Å². The zero-order valence-corrected chi connectivity index (χ0v) is 18.2. The number of amidine groups is 1. The van der Waals surface area contributed by atoms with Gasteiger partial charge in [-0.1, -0.05) is 40.7 Å². The fourth-order valence-electron chi connectivity index (χ4n) is 4.01. The van der Waals surface area contributed by atoms with E-state index >= 15 is 0 Å². The second-order valence-corrected chi connectivity index (χ2v) is 9.07. The summed E-state index contributed by atoms with van der Waals surface area (Å²) in [6.07, 6.45) is 2.83. The van der Waals surface area contributed by atoms with Crippen LogP contribution in [0.5, 0.6) is 0 Å². The van der Waals surface area contributed by atoms with Gasteiger partial charge < -0.3 is 9.32 Å². The topological polar surface area (TPSA) is 41.6 Å². The van der Waals surface area contributed by atoms with Crippen molar-refractivity contribution in [1.82, 2.24) is 9.88 Å². The monoisotopic (exact) mass is 471 g/mol. The molecule has 29 heavy (non-hydrogen) atoms. The number of aromatic nitrogens is 1. The number of aliphatic imine (C=N–C) groups is 1. The van der Waals surface area contributed by atoms with Gasteiger partial charge in [-0.15, -0.1) is 0 Å². The summed E-state index contributed by atoms with van der Waals surface area (Å²) in [4.78, 5) is 11.9. The Bertz CT molecular complexity index is 1070. The van der Waals surface area contributed by atoms with E-state index in [9.17, 15) is 4.39 Å². The van der Waals surface area contributed by atoms with Crippen molar-refractivity contribution >= 4 is 32.9 Å². The molecule has 3 atom stereocenters. The van der Waals surface area contributed by atoms with Gasteiger partial charge in [-0.2, -0.15) is 0 Å². The molecular weight excluding hydrogens is 453 g/mol. The van der Waals surface area contributed by atoms with E-state index in [0.717, 1.165) is 28.8 Å². The maximum absolute atomic E-state index is 14.5. The highest BCUT2D eigenvalue weighted by Crippen LogP contribution is 2.49. The number of hydrogen-bond acceptors (Lipinski definition) is 5. The van der Waals surface area contributed by atoms with Crippen molar-refractivity contribution in [1.29, 1.82) is 0 Å². The first-order valence-corrected chi connectivity index (χ1v) is 11.4. The zero-order chi connectivity index (χ0) is 20.0. The summed E-state index contributed by atoms with van der Waals surface area (Å²) in [6.45, 7) is 2.20. The van der Waals surface area contributed by atoms with Crippen LogP contribution in [0.4, 0.5) is 4.39 Å². The van der Waals surface area contributed by atoms with Crippen LogP contribution in [-0.2, 0) is 0 Å². The lowest BCUT2D eigenvalue weighted by molar-refractivity contribution is 0.226. The normalized spacial score (nSPS) is 23.3. The molecule has 0 radical (unpaired) electrons. The van der Waals surface area contributed by atoms with E-state index in [1.165, 1.54) is 6.07 Å². The lowest BCUT2D eigenvalue weighted by Gasteiger charge is -2.30. The van der Waals surface area contributed by atoms with E-state index < -0.39 is 0 Å². The summed E-state index contributed by atoms with van der Waals surface area (Å²) >= 11 is 5.10. The van der Waals surface area contributed by atoms with Gasteiger partial charge in [0.2, 0.25) is 0 Å². The maximum atomic E-state index is 14.5. The number of hydrogen-bond donors (Lipinski definition) is 0. The molecule has 4 nitrogen and oxygen atoms in total. The molecule has 0 saturated carbocycles. The summed E-state index contributed by atoms with van der Waals surface area (Å²) < 4.78 is 21.4. The summed E-state index contributed by atoms with van der Waals surface area (Å²) in [5.74, 6) is 2.03. The van der Waals surface area contributed by atoms with Crippen LogP contribution >= 0.6 is 27.7 Å². The molecule has 2 aliphatic heterocycles. The Morgan fingerprint density at radius 3 is 2.90 bits per heavy atom. The van der Waals surface area contributed by atoms with Crippen molar-refractivity contribution in [3.8, 4) is 11.3 Å². The van der Waals surface area contributed by atoms with Gasteiger partial charge in [0.15, 0.2) is 5.17 Å². The number of furan rings is 1. The predicted octanol–water partition coefficient (Wildman–Crippen LogP) is 6.22. The number of rotatable bonds is 4. The first-order chi connectivity index (χ1) is 14.2. The molecule has 1 fully saturated rings. The Morgan fingerprint density at radius 2 is 2.14 bits per heavy atom. The molecule has 1 saturated heterocycles. The van der Waals surface area contributed by atoms with Gasteiger partial charge in [0.25, 0.3) is 0 Å². The van der Waals surface area contributed by atoms with Crippen LogP contribution in [0.2, 0.25) is 0 Å². The van der Waals surface area contributed by atoms with Crippen LogP contribution < -0.4 is 0 Å². The summed E-state index contributed by atoms with van der Waals surface area (Å²) in [6, 6.07) is 14.9. The van der Waals surface area contributed by atoms with Gasteiger partial charge in [0.05, 0.1) is 11.3 Å². The molecule has 7 heteroatoms. The molecule has 0 spiro atoms. The average Bonchev–Trinajstić information content (AvgIpc) is 3.43. The molecule has 3 aromatic rings. The molecule has 2 aliphatic rings. The molecule has 0 N–H and O–H groups in total. The molecule has 0 unspecified atom stereocenters. The Hall–Kier alpha value is -2.12. The Kier molecular flexibility index (Phi) is 4.95. The van der Waals surface area contributed by atoms with Gasteiger partial charge in [0, 0.05) is 22.5 Å². The number of halogens is 2. The van der Waals surface area contributed by atoms with Crippen molar-refractivity contribution in [3.05, 3.63) is 76.5 Å². The van der Waals surface area contributed by atoms with Gasteiger partial charge in [-0.3, -0.25) is 4.98 Å². The highest BCUT2D eigenvalue weighted by atomic mass is 79.9. The summed E-state index contributed by atoms with van der Waals surface area (Å²) in [5.41, 5.74) is 1.37. The minimum absolute atomic E-state index is 0.0768. The van der Waals surface area contributed by atoms with E-state index in [2.05, 4.69) is 32.7 Å². The Balaban J connectivity index is 1.56. The molecular formula is C22H19BrFN3OS. The van der Waals surface area contributed by atoms with Crippen LogP contribution in [0.15, 0.2) is 68.6 Å². The number of nitrogens with zero attached hydrogens (tertiary/aromatic N) is 3. The molecule has 0 bridgehead atoms. The van der Waals surface area contributed by atoms with Crippen molar-refractivity contribution < 1.29 is 8.81 Å². The van der Waals surface area contributed by atoms with Crippen molar-refractivity contribution in [2.24, 2.45) is 4.99 Å². The first kappa shape index (κ1) is 18.9. The molecule has 4 heterocycles. The van der Waals surface area contributed by atoms with Crippen LogP contribution in [0, 0.1) is 5.82 Å². The minimum atomic E-state index is -0.312. The van der Waals surface area contributed by atoms with Gasteiger partial charge >= 0.3 is 0 Å². The number of benzene rings is 1. The second-order valence-electron chi connectivity index (χ2n) is 7.16. The standard InChI is InChI=1S/C22H19BrFN3OS/c1-2-14-12-29-22-26-20(17-5-3-4-10-25-17)21(27(14)22)19-9-8-18(28-19)15-7-6-13(23)11-16(15)24/h3-11,14,20-21H,2,12H2,1H3/t14-,20+,21+/m0/s1. The number of pyridine rings is 1. The molecule has 148 valence electrons. The van der Waals surface area contributed by atoms with Crippen LogP contribution in [-0.4, -0.2) is 26.8 Å². The van der Waals surface area contributed by atoms with Gasteiger partial charge in [-0.05, 0) is 48.9 Å². The minimum Gasteiger partial charge on any atom is -0.459 e. The largest absolute Gasteiger partial charge is 0.459 e. The Labute approximate surface area is 181 Å². The van der Waals surface area contributed by atoms with Gasteiger partial charge in [0.1, 0.15) is 29.4 Å². The van der Waals surface area contributed by atoms with E-state index in [1.54, 1.807) is 24.0 Å². The number of thioether (sulfide) groups is 1. The second kappa shape index (κ2) is 7.61. The molecule has 0 aliphatic carbocycles. The highest BCUT2D eigenvalue weighted by molar-refractivity contribution is 9.10. The molecule has 0 amide bonds. The Morgan fingerprint density at radius 1 is 1.24 bits per heavy atom. The van der Waals surface area contributed by atoms with E-state index in [0.29, 0.717) is 21.8 Å². The maximum Gasteiger partial charge on any atom is 0.161 e.